The molecule has 4 heteroatoms. The fraction of sp³-hybridized carbons (Fsp3) is 0.672. The Morgan fingerprint density at radius 1 is 0.368 bits per heavy atom. The van der Waals surface area contributed by atoms with E-state index in [0.717, 1.165) is 89.9 Å². The molecule has 0 aliphatic heterocycles. The van der Waals surface area contributed by atoms with Gasteiger partial charge in [0.2, 0.25) is 5.91 Å². The normalized spacial score (nSPS) is 13.8. The van der Waals surface area contributed by atoms with E-state index in [1.54, 1.807) is 6.08 Å². The molecule has 0 aromatic carbocycles. The van der Waals surface area contributed by atoms with Gasteiger partial charge < -0.3 is 15.5 Å². The number of rotatable bonds is 51. The lowest BCUT2D eigenvalue weighted by molar-refractivity contribution is -0.123. The van der Waals surface area contributed by atoms with Crippen molar-refractivity contribution in [3.63, 3.8) is 0 Å². The van der Waals surface area contributed by atoms with Gasteiger partial charge in [0.25, 0.3) is 0 Å². The molecule has 2 unspecified atom stereocenters. The molecule has 0 radical (unpaired) electrons. The van der Waals surface area contributed by atoms with Crippen molar-refractivity contribution in [3.05, 3.63) is 122 Å². The van der Waals surface area contributed by atoms with Gasteiger partial charge in [0.1, 0.15) is 0 Å². The molecule has 0 rings (SSSR count). The van der Waals surface area contributed by atoms with E-state index in [9.17, 15) is 15.0 Å². The fourth-order valence-electron chi connectivity index (χ4n) is 8.09. The summed E-state index contributed by atoms with van der Waals surface area (Å²) in [6.07, 6.45) is 89.4. The van der Waals surface area contributed by atoms with Crippen molar-refractivity contribution in [2.75, 3.05) is 6.61 Å². The number of allylic oxidation sites excluding steroid dienone is 19. The zero-order valence-corrected chi connectivity index (χ0v) is 44.6. The molecule has 0 saturated carbocycles. The summed E-state index contributed by atoms with van der Waals surface area (Å²) in [5.74, 6) is -0.119. The minimum atomic E-state index is -0.891. The van der Waals surface area contributed by atoms with Crippen molar-refractivity contribution in [1.29, 1.82) is 0 Å². The number of nitrogens with one attached hydrogen (secondary N) is 1. The van der Waals surface area contributed by atoms with E-state index >= 15 is 0 Å². The Labute approximate surface area is 422 Å². The Morgan fingerprint density at radius 3 is 1.03 bits per heavy atom. The molecular weight excluding hydrogens is 831 g/mol. The molecule has 2 atom stereocenters. The summed E-state index contributed by atoms with van der Waals surface area (Å²) < 4.78 is 0. The van der Waals surface area contributed by atoms with Crippen LogP contribution in [0.2, 0.25) is 0 Å². The topological polar surface area (TPSA) is 69.6 Å². The number of aliphatic hydroxyl groups is 2. The van der Waals surface area contributed by atoms with Gasteiger partial charge >= 0.3 is 0 Å². The first-order valence-electron chi connectivity index (χ1n) is 28.7. The highest BCUT2D eigenvalue weighted by atomic mass is 16.3. The molecule has 388 valence electrons. The smallest absolute Gasteiger partial charge is 0.220 e. The molecule has 0 aromatic rings. The van der Waals surface area contributed by atoms with Gasteiger partial charge in [0.05, 0.1) is 18.8 Å². The van der Waals surface area contributed by atoms with Crippen molar-refractivity contribution in [1.82, 2.24) is 5.32 Å². The van der Waals surface area contributed by atoms with E-state index in [4.69, 9.17) is 0 Å². The maximum atomic E-state index is 12.5. The summed E-state index contributed by atoms with van der Waals surface area (Å²) in [5, 5.41) is 23.1. The summed E-state index contributed by atoms with van der Waals surface area (Å²) in [5.41, 5.74) is 0. The quantitative estimate of drug-likeness (QED) is 0.0420. The van der Waals surface area contributed by atoms with Gasteiger partial charge in [0, 0.05) is 6.42 Å². The van der Waals surface area contributed by atoms with Gasteiger partial charge in [-0.3, -0.25) is 4.79 Å². The van der Waals surface area contributed by atoms with Crippen LogP contribution in [0.3, 0.4) is 0 Å². The van der Waals surface area contributed by atoms with Crippen molar-refractivity contribution >= 4 is 5.91 Å². The average molecular weight is 941 g/mol. The lowest BCUT2D eigenvalue weighted by Crippen LogP contribution is -2.45. The summed E-state index contributed by atoms with van der Waals surface area (Å²) in [6, 6.07) is -0.673. The molecule has 1 amide bonds. The highest BCUT2D eigenvalue weighted by molar-refractivity contribution is 5.76. The zero-order chi connectivity index (χ0) is 49.2. The first kappa shape index (κ1) is 64.8. The van der Waals surface area contributed by atoms with E-state index < -0.39 is 12.1 Å². The van der Waals surface area contributed by atoms with Crippen molar-refractivity contribution in [2.45, 2.75) is 270 Å². The van der Waals surface area contributed by atoms with Crippen molar-refractivity contribution in [2.24, 2.45) is 0 Å². The number of carbonyl (C=O) groups is 1. The summed E-state index contributed by atoms with van der Waals surface area (Å²) in [4.78, 5) is 12.5. The summed E-state index contributed by atoms with van der Waals surface area (Å²) >= 11 is 0. The van der Waals surface area contributed by atoms with Gasteiger partial charge in [-0.2, -0.15) is 0 Å². The van der Waals surface area contributed by atoms with Crippen molar-refractivity contribution < 1.29 is 15.0 Å². The van der Waals surface area contributed by atoms with Crippen LogP contribution < -0.4 is 5.32 Å². The predicted octanol–water partition coefficient (Wildman–Crippen LogP) is 19.2. The molecule has 0 aromatic heterocycles. The zero-order valence-electron chi connectivity index (χ0n) is 44.6. The van der Waals surface area contributed by atoms with E-state index in [1.165, 1.54) is 148 Å². The van der Waals surface area contributed by atoms with Crippen LogP contribution in [-0.4, -0.2) is 34.9 Å². The molecule has 4 nitrogen and oxygen atoms in total. The SMILES string of the molecule is CC/C=C\C/C=C\C/C=C\C/C=C\C/C=C\C/C=C\C/C=C\C/C=C\CCCCC(=O)NC(CO)C(O)/C=C/CC/C=C/CCCCCCCCCCCCCCCCCCCCCCCCC. The number of unbranched alkanes of at least 4 members (excludes halogenated alkanes) is 26. The third kappa shape index (κ3) is 53.7. The lowest BCUT2D eigenvalue weighted by Gasteiger charge is -2.19. The Balaban J connectivity index is 3.67. The second-order valence-corrected chi connectivity index (χ2v) is 19.0. The number of hydrogen-bond donors (Lipinski definition) is 3. The van der Waals surface area contributed by atoms with E-state index in [-0.39, 0.29) is 12.5 Å². The predicted molar refractivity (Wildman–Crippen MR) is 303 cm³/mol. The van der Waals surface area contributed by atoms with Gasteiger partial charge in [0.15, 0.2) is 0 Å². The van der Waals surface area contributed by atoms with Crippen LogP contribution in [0.25, 0.3) is 0 Å². The van der Waals surface area contributed by atoms with Crippen LogP contribution in [0.4, 0.5) is 0 Å². The molecule has 0 spiro atoms. The van der Waals surface area contributed by atoms with Crippen LogP contribution in [0.1, 0.15) is 258 Å². The molecule has 0 saturated heterocycles. The maximum absolute atomic E-state index is 12.5. The first-order valence-corrected chi connectivity index (χ1v) is 28.7. The van der Waals surface area contributed by atoms with Crippen LogP contribution >= 0.6 is 0 Å². The van der Waals surface area contributed by atoms with E-state index in [2.05, 4.69) is 129 Å². The van der Waals surface area contributed by atoms with Crippen LogP contribution in [0.15, 0.2) is 122 Å². The first-order chi connectivity index (χ1) is 33.7. The monoisotopic (exact) mass is 940 g/mol. The van der Waals surface area contributed by atoms with Crippen LogP contribution in [0, 0.1) is 0 Å². The summed E-state index contributed by atoms with van der Waals surface area (Å²) in [6.45, 7) is 4.17. The van der Waals surface area contributed by atoms with Gasteiger partial charge in [-0.15, -0.1) is 0 Å². The Morgan fingerprint density at radius 2 is 0.662 bits per heavy atom. The minimum absolute atomic E-state index is 0.119. The fourth-order valence-corrected chi connectivity index (χ4v) is 8.09. The molecule has 3 N–H and O–H groups in total. The molecule has 0 bridgehead atoms. The number of carbonyl (C=O) groups excluding carboxylic acids is 1. The van der Waals surface area contributed by atoms with Crippen LogP contribution in [0.5, 0.6) is 0 Å². The third-order valence-electron chi connectivity index (χ3n) is 12.4. The van der Waals surface area contributed by atoms with Gasteiger partial charge in [-0.1, -0.05) is 277 Å². The Bertz CT molecular complexity index is 1340. The number of amides is 1. The highest BCUT2D eigenvalue weighted by Crippen LogP contribution is 2.16. The molecular formula is C64H109NO3. The largest absolute Gasteiger partial charge is 0.394 e. The third-order valence-corrected chi connectivity index (χ3v) is 12.4. The maximum Gasteiger partial charge on any atom is 0.220 e. The van der Waals surface area contributed by atoms with E-state index in [1.807, 2.05) is 6.08 Å². The lowest BCUT2D eigenvalue weighted by atomic mass is 10.0. The second-order valence-electron chi connectivity index (χ2n) is 19.0. The Kier molecular flexibility index (Phi) is 55.4. The standard InChI is InChI=1S/C64H109NO3/c1-3-5-7-9-11-13-15-17-19-21-23-25-27-29-31-32-34-35-37-39-41-43-45-47-49-51-53-55-57-59-63(67)62(61-66)65-64(68)60-58-56-54-52-50-48-46-44-42-40-38-36-33-30-28-26-24-22-20-18-16-14-12-10-8-6-4-2/h6,8,12,14,18,20,24,26,30,33,38,40,44,46,49-52,57,59,62-63,66-67H,3-5,7,9-11,13,15-17,19,21-23,25,27-29,31-32,34-37,39,41-43,45,47-48,53-56,58,60-61H2,1-2H3,(H,65,68)/b8-6-,14-12-,20-18-,26-24-,33-30-,40-38-,46-44-,51-49+,52-50-,59-57+. The second kappa shape index (κ2) is 58.1. The number of hydrogen-bond acceptors (Lipinski definition) is 3. The van der Waals surface area contributed by atoms with Gasteiger partial charge in [-0.25, -0.2) is 0 Å². The molecule has 0 aliphatic carbocycles. The summed E-state index contributed by atoms with van der Waals surface area (Å²) in [7, 11) is 0. The molecule has 0 fully saturated rings. The van der Waals surface area contributed by atoms with Crippen molar-refractivity contribution in [3.8, 4) is 0 Å². The molecule has 0 aliphatic rings. The highest BCUT2D eigenvalue weighted by Gasteiger charge is 2.17. The van der Waals surface area contributed by atoms with Crippen LogP contribution in [-0.2, 0) is 4.79 Å². The molecule has 0 heterocycles. The van der Waals surface area contributed by atoms with E-state index in [0.29, 0.717) is 6.42 Å². The van der Waals surface area contributed by atoms with Gasteiger partial charge in [-0.05, 0) is 96.3 Å². The Hall–Kier alpha value is -3.21. The molecule has 68 heavy (non-hydrogen) atoms. The number of aliphatic hydroxyl groups excluding tert-OH is 2. The average Bonchev–Trinajstić information content (AvgIpc) is 3.34. The minimum Gasteiger partial charge on any atom is -0.394 e.